The Kier molecular flexibility index (Phi) is 3.63. The predicted octanol–water partition coefficient (Wildman–Crippen LogP) is 3.52. The fraction of sp³-hybridized carbons (Fsp3) is 0.364. The highest BCUT2D eigenvalue weighted by molar-refractivity contribution is 6.43. The lowest BCUT2D eigenvalue weighted by molar-refractivity contribution is 0.0919. The van der Waals surface area contributed by atoms with Crippen molar-refractivity contribution in [2.24, 2.45) is 0 Å². The van der Waals surface area contributed by atoms with Crippen LogP contribution in [0.5, 0.6) is 0 Å². The van der Waals surface area contributed by atoms with Crippen LogP contribution in [0.2, 0.25) is 10.0 Å². The summed E-state index contributed by atoms with van der Waals surface area (Å²) < 4.78 is 0. The molecule has 0 heterocycles. The van der Waals surface area contributed by atoms with Crippen molar-refractivity contribution in [2.75, 3.05) is 0 Å². The number of carbonyl (C=O) groups excluding carboxylic acids is 1. The molecule has 0 aliphatic heterocycles. The molecule has 82 valence electrons. The van der Waals surface area contributed by atoms with Gasteiger partial charge in [0.2, 0.25) is 0 Å². The Morgan fingerprint density at radius 3 is 2.40 bits per heavy atom. The largest absolute Gasteiger partial charge is 0.347 e. The van der Waals surface area contributed by atoms with Gasteiger partial charge in [-0.2, -0.15) is 0 Å². The Balaban J connectivity index is 2.97. The van der Waals surface area contributed by atoms with Crippen LogP contribution in [0, 0.1) is 0 Å². The smallest absolute Gasteiger partial charge is 0.253 e. The van der Waals surface area contributed by atoms with Crippen molar-refractivity contribution in [1.29, 1.82) is 0 Å². The summed E-state index contributed by atoms with van der Waals surface area (Å²) in [5.41, 5.74) is 0.113. The van der Waals surface area contributed by atoms with Gasteiger partial charge in [-0.15, -0.1) is 0 Å². The third-order valence-electron chi connectivity index (χ3n) is 1.68. The fourth-order valence-corrected chi connectivity index (χ4v) is 1.47. The Bertz CT molecular complexity index is 383. The quantitative estimate of drug-likeness (QED) is 0.806. The SMILES string of the molecule is CC(C)(C)NC(=O)c1cccc(Cl)c1Cl. The van der Waals surface area contributed by atoms with Crippen LogP contribution < -0.4 is 5.32 Å². The first-order valence-electron chi connectivity index (χ1n) is 4.58. The zero-order chi connectivity index (χ0) is 11.6. The van der Waals surface area contributed by atoms with E-state index in [2.05, 4.69) is 5.32 Å². The van der Waals surface area contributed by atoms with Crippen molar-refractivity contribution in [3.8, 4) is 0 Å². The third-order valence-corrected chi connectivity index (χ3v) is 2.50. The van der Waals surface area contributed by atoms with E-state index in [9.17, 15) is 4.79 Å². The highest BCUT2D eigenvalue weighted by Crippen LogP contribution is 2.25. The van der Waals surface area contributed by atoms with Gasteiger partial charge in [-0.1, -0.05) is 29.3 Å². The maximum atomic E-state index is 11.8. The monoisotopic (exact) mass is 245 g/mol. The minimum atomic E-state index is -0.289. The lowest BCUT2D eigenvalue weighted by atomic mass is 10.1. The summed E-state index contributed by atoms with van der Waals surface area (Å²) in [6, 6.07) is 5.00. The molecule has 1 aromatic rings. The molecule has 15 heavy (non-hydrogen) atoms. The lowest BCUT2D eigenvalue weighted by Crippen LogP contribution is -2.40. The summed E-state index contributed by atoms with van der Waals surface area (Å²) in [5, 5.41) is 3.50. The molecule has 0 saturated carbocycles. The molecule has 0 aliphatic rings. The Labute approximate surface area is 99.6 Å². The van der Waals surface area contributed by atoms with Crippen LogP contribution in [0.1, 0.15) is 31.1 Å². The topological polar surface area (TPSA) is 29.1 Å². The van der Waals surface area contributed by atoms with Crippen molar-refractivity contribution in [3.05, 3.63) is 33.8 Å². The van der Waals surface area contributed by atoms with Gasteiger partial charge < -0.3 is 5.32 Å². The van der Waals surface area contributed by atoms with Crippen molar-refractivity contribution in [2.45, 2.75) is 26.3 Å². The zero-order valence-electron chi connectivity index (χ0n) is 8.90. The van der Waals surface area contributed by atoms with E-state index >= 15 is 0 Å². The summed E-state index contributed by atoms with van der Waals surface area (Å²) in [6.45, 7) is 5.72. The highest BCUT2D eigenvalue weighted by Gasteiger charge is 2.18. The Morgan fingerprint density at radius 1 is 1.27 bits per heavy atom. The lowest BCUT2D eigenvalue weighted by Gasteiger charge is -2.20. The molecule has 0 fully saturated rings. The van der Waals surface area contributed by atoms with Crippen LogP contribution in [0.3, 0.4) is 0 Å². The number of amides is 1. The standard InChI is InChI=1S/C11H13Cl2NO/c1-11(2,3)14-10(15)7-5-4-6-8(12)9(7)13/h4-6H,1-3H3,(H,14,15). The molecule has 4 heteroatoms. The van der Waals surface area contributed by atoms with Gasteiger partial charge in [-0.05, 0) is 32.9 Å². The second-order valence-corrected chi connectivity index (χ2v) is 5.09. The Morgan fingerprint density at radius 2 is 1.87 bits per heavy atom. The summed E-state index contributed by atoms with van der Waals surface area (Å²) in [7, 11) is 0. The minimum Gasteiger partial charge on any atom is -0.347 e. The molecule has 0 aromatic heterocycles. The van der Waals surface area contributed by atoms with Gasteiger partial charge in [0.1, 0.15) is 0 Å². The van der Waals surface area contributed by atoms with Crippen LogP contribution in [0.4, 0.5) is 0 Å². The number of halogens is 2. The molecule has 2 nitrogen and oxygen atoms in total. The van der Waals surface area contributed by atoms with Crippen molar-refractivity contribution >= 4 is 29.1 Å². The molecule has 0 radical (unpaired) electrons. The highest BCUT2D eigenvalue weighted by atomic mass is 35.5. The molecule has 0 unspecified atom stereocenters. The third kappa shape index (κ3) is 3.40. The van der Waals surface area contributed by atoms with E-state index in [0.29, 0.717) is 15.6 Å². The van der Waals surface area contributed by atoms with E-state index in [-0.39, 0.29) is 11.4 Å². The summed E-state index contributed by atoms with van der Waals surface area (Å²) in [5.74, 6) is -0.213. The van der Waals surface area contributed by atoms with Gasteiger partial charge in [0, 0.05) is 5.54 Å². The number of carbonyl (C=O) groups is 1. The molecule has 1 amide bonds. The van der Waals surface area contributed by atoms with E-state index < -0.39 is 0 Å². The van der Waals surface area contributed by atoms with Crippen molar-refractivity contribution in [3.63, 3.8) is 0 Å². The van der Waals surface area contributed by atoms with Gasteiger partial charge in [-0.3, -0.25) is 4.79 Å². The molecule has 0 atom stereocenters. The molecule has 0 aliphatic carbocycles. The Hall–Kier alpha value is -0.730. The summed E-state index contributed by atoms with van der Waals surface area (Å²) in [6.07, 6.45) is 0. The summed E-state index contributed by atoms with van der Waals surface area (Å²) >= 11 is 11.7. The van der Waals surface area contributed by atoms with Crippen LogP contribution in [-0.4, -0.2) is 11.4 Å². The van der Waals surface area contributed by atoms with E-state index in [1.54, 1.807) is 18.2 Å². The number of hydrogen-bond donors (Lipinski definition) is 1. The maximum absolute atomic E-state index is 11.8. The number of hydrogen-bond acceptors (Lipinski definition) is 1. The molecular formula is C11H13Cl2NO. The molecule has 1 aromatic carbocycles. The van der Waals surface area contributed by atoms with Gasteiger partial charge in [-0.25, -0.2) is 0 Å². The predicted molar refractivity (Wildman–Crippen MR) is 63.7 cm³/mol. The number of rotatable bonds is 1. The first-order valence-corrected chi connectivity index (χ1v) is 5.33. The van der Waals surface area contributed by atoms with E-state index in [4.69, 9.17) is 23.2 Å². The average Bonchev–Trinajstić information content (AvgIpc) is 2.06. The minimum absolute atomic E-state index is 0.213. The summed E-state index contributed by atoms with van der Waals surface area (Å²) in [4.78, 5) is 11.8. The molecule has 1 N–H and O–H groups in total. The van der Waals surface area contributed by atoms with Crippen LogP contribution >= 0.6 is 23.2 Å². The van der Waals surface area contributed by atoms with Gasteiger partial charge in [0.05, 0.1) is 15.6 Å². The van der Waals surface area contributed by atoms with Gasteiger partial charge in [0.15, 0.2) is 0 Å². The van der Waals surface area contributed by atoms with Crippen LogP contribution in [0.25, 0.3) is 0 Å². The first-order chi connectivity index (χ1) is 6.81. The zero-order valence-corrected chi connectivity index (χ0v) is 10.4. The second kappa shape index (κ2) is 4.42. The van der Waals surface area contributed by atoms with Crippen LogP contribution in [0.15, 0.2) is 18.2 Å². The normalized spacial score (nSPS) is 11.3. The molecule has 1 rings (SSSR count). The van der Waals surface area contributed by atoms with Gasteiger partial charge in [0.25, 0.3) is 5.91 Å². The average molecular weight is 246 g/mol. The fourth-order valence-electron chi connectivity index (χ4n) is 1.09. The number of nitrogens with one attached hydrogen (secondary N) is 1. The molecule has 0 saturated heterocycles. The molecule has 0 bridgehead atoms. The van der Waals surface area contributed by atoms with Crippen molar-refractivity contribution in [1.82, 2.24) is 5.32 Å². The van der Waals surface area contributed by atoms with E-state index in [0.717, 1.165) is 0 Å². The van der Waals surface area contributed by atoms with Gasteiger partial charge >= 0.3 is 0 Å². The van der Waals surface area contributed by atoms with Crippen molar-refractivity contribution < 1.29 is 4.79 Å². The number of benzene rings is 1. The van der Waals surface area contributed by atoms with Crippen LogP contribution in [-0.2, 0) is 0 Å². The second-order valence-electron chi connectivity index (χ2n) is 4.31. The van der Waals surface area contributed by atoms with E-state index in [1.807, 2.05) is 20.8 Å². The maximum Gasteiger partial charge on any atom is 0.253 e. The molecular weight excluding hydrogens is 233 g/mol. The molecule has 0 spiro atoms. The van der Waals surface area contributed by atoms with E-state index in [1.165, 1.54) is 0 Å². The first kappa shape index (κ1) is 12.3.